The molecule has 1 unspecified atom stereocenters. The van der Waals surface area contributed by atoms with Crippen molar-refractivity contribution in [1.29, 1.82) is 0 Å². The number of ether oxygens (including phenoxy) is 3. The third-order valence-electron chi connectivity index (χ3n) is 4.65. The Labute approximate surface area is 160 Å². The Kier molecular flexibility index (Phi) is 5.94. The average molecular weight is 376 g/mol. The van der Waals surface area contributed by atoms with Gasteiger partial charge >= 0.3 is 0 Å². The number of fused-ring (bicyclic) bond motifs is 1. The topological polar surface area (TPSA) is 39.7 Å². The van der Waals surface area contributed by atoms with Gasteiger partial charge in [-0.3, -0.25) is 0 Å². The zero-order valence-electron chi connectivity index (χ0n) is 15.8. The van der Waals surface area contributed by atoms with Crippen molar-refractivity contribution in [1.82, 2.24) is 5.32 Å². The van der Waals surface area contributed by atoms with E-state index in [1.165, 1.54) is 11.1 Å². The van der Waals surface area contributed by atoms with E-state index in [9.17, 15) is 0 Å². The zero-order valence-corrected chi connectivity index (χ0v) is 16.6. The van der Waals surface area contributed by atoms with Crippen molar-refractivity contribution in [3.8, 4) is 17.2 Å². The van der Waals surface area contributed by atoms with Crippen LogP contribution in [0.1, 0.15) is 42.1 Å². The second-order valence-electron chi connectivity index (χ2n) is 6.35. The third-order valence-corrected chi connectivity index (χ3v) is 4.87. The van der Waals surface area contributed by atoms with E-state index in [0.717, 1.165) is 41.3 Å². The van der Waals surface area contributed by atoms with Gasteiger partial charge in [-0.1, -0.05) is 11.6 Å². The maximum absolute atomic E-state index is 6.37. The molecule has 1 aliphatic rings. The smallest absolute Gasteiger partial charge is 0.161 e. The van der Waals surface area contributed by atoms with Gasteiger partial charge in [0.2, 0.25) is 0 Å². The standard InChI is InChI=1S/C21H26ClNO3/c1-5-25-19-12-16-14(10-18(19)24-4)7-8-23-20(16)17-11-15(22)9-13(3)21(17)26-6-2/h9-12,20,23H,5-8H2,1-4H3. The van der Waals surface area contributed by atoms with Gasteiger partial charge in [-0.25, -0.2) is 0 Å². The minimum absolute atomic E-state index is 0.00260. The summed E-state index contributed by atoms with van der Waals surface area (Å²) in [6.07, 6.45) is 0.943. The number of nitrogens with one attached hydrogen (secondary N) is 1. The second-order valence-corrected chi connectivity index (χ2v) is 6.78. The van der Waals surface area contributed by atoms with Crippen LogP contribution < -0.4 is 19.5 Å². The first-order valence-corrected chi connectivity index (χ1v) is 9.46. The first-order valence-electron chi connectivity index (χ1n) is 9.08. The van der Waals surface area contributed by atoms with Crippen molar-refractivity contribution in [2.24, 2.45) is 0 Å². The van der Waals surface area contributed by atoms with Gasteiger partial charge in [-0.05, 0) is 68.1 Å². The molecular weight excluding hydrogens is 350 g/mol. The lowest BCUT2D eigenvalue weighted by Gasteiger charge is -2.30. The van der Waals surface area contributed by atoms with Crippen molar-refractivity contribution in [3.63, 3.8) is 0 Å². The molecule has 0 saturated carbocycles. The van der Waals surface area contributed by atoms with Crippen LogP contribution in [0.5, 0.6) is 17.2 Å². The number of rotatable bonds is 6. The molecule has 0 saturated heterocycles. The molecule has 0 fully saturated rings. The molecule has 140 valence electrons. The number of methoxy groups -OCH3 is 1. The number of halogens is 1. The van der Waals surface area contributed by atoms with Gasteiger partial charge in [0.1, 0.15) is 5.75 Å². The zero-order chi connectivity index (χ0) is 18.7. The van der Waals surface area contributed by atoms with Crippen LogP contribution in [0.4, 0.5) is 0 Å². The lowest BCUT2D eigenvalue weighted by Crippen LogP contribution is -2.31. The van der Waals surface area contributed by atoms with Gasteiger partial charge in [0, 0.05) is 17.1 Å². The van der Waals surface area contributed by atoms with E-state index in [4.69, 9.17) is 25.8 Å². The number of benzene rings is 2. The Balaban J connectivity index is 2.14. The molecule has 0 aliphatic carbocycles. The van der Waals surface area contributed by atoms with Crippen molar-refractivity contribution < 1.29 is 14.2 Å². The number of aryl methyl sites for hydroxylation is 1. The van der Waals surface area contributed by atoms with Gasteiger partial charge in [-0.2, -0.15) is 0 Å². The maximum Gasteiger partial charge on any atom is 0.161 e. The SMILES string of the molecule is CCOc1cc2c(cc1OC)CCNC2c1cc(Cl)cc(C)c1OCC. The second kappa shape index (κ2) is 8.19. The highest BCUT2D eigenvalue weighted by Gasteiger charge is 2.27. The van der Waals surface area contributed by atoms with Crippen LogP contribution in [-0.4, -0.2) is 26.9 Å². The average Bonchev–Trinajstić information content (AvgIpc) is 2.63. The molecular formula is C21H26ClNO3. The van der Waals surface area contributed by atoms with Crippen LogP contribution in [0.15, 0.2) is 24.3 Å². The van der Waals surface area contributed by atoms with E-state index in [0.29, 0.717) is 18.2 Å². The molecule has 2 aromatic carbocycles. The van der Waals surface area contributed by atoms with Gasteiger partial charge in [0.25, 0.3) is 0 Å². The molecule has 1 aliphatic heterocycles. The van der Waals surface area contributed by atoms with Gasteiger partial charge in [0.05, 0.1) is 26.4 Å². The predicted molar refractivity (Wildman–Crippen MR) is 105 cm³/mol. The highest BCUT2D eigenvalue weighted by molar-refractivity contribution is 6.30. The van der Waals surface area contributed by atoms with Crippen LogP contribution in [0, 0.1) is 6.92 Å². The van der Waals surface area contributed by atoms with Crippen LogP contribution in [0.25, 0.3) is 0 Å². The molecule has 1 N–H and O–H groups in total. The molecule has 1 atom stereocenters. The molecule has 3 rings (SSSR count). The minimum Gasteiger partial charge on any atom is -0.493 e. The molecule has 0 bridgehead atoms. The Morgan fingerprint density at radius 2 is 1.81 bits per heavy atom. The summed E-state index contributed by atoms with van der Waals surface area (Å²) >= 11 is 6.37. The molecule has 0 radical (unpaired) electrons. The summed E-state index contributed by atoms with van der Waals surface area (Å²) in [6, 6.07) is 8.12. The van der Waals surface area contributed by atoms with E-state index in [2.05, 4.69) is 17.4 Å². The summed E-state index contributed by atoms with van der Waals surface area (Å²) in [4.78, 5) is 0. The van der Waals surface area contributed by atoms with E-state index >= 15 is 0 Å². The van der Waals surface area contributed by atoms with Crippen LogP contribution in [-0.2, 0) is 6.42 Å². The Bertz CT molecular complexity index is 791. The number of hydrogen-bond donors (Lipinski definition) is 1. The van der Waals surface area contributed by atoms with E-state index in [1.54, 1.807) is 7.11 Å². The maximum atomic E-state index is 6.37. The first-order chi connectivity index (χ1) is 12.6. The highest BCUT2D eigenvalue weighted by Crippen LogP contribution is 2.41. The van der Waals surface area contributed by atoms with Crippen molar-refractivity contribution in [2.75, 3.05) is 26.9 Å². The fourth-order valence-electron chi connectivity index (χ4n) is 3.58. The summed E-state index contributed by atoms with van der Waals surface area (Å²) in [5.41, 5.74) is 4.55. The Morgan fingerprint density at radius 1 is 1.04 bits per heavy atom. The quantitative estimate of drug-likeness (QED) is 0.795. The molecule has 0 spiro atoms. The van der Waals surface area contributed by atoms with Crippen LogP contribution >= 0.6 is 11.6 Å². The summed E-state index contributed by atoms with van der Waals surface area (Å²) in [5.74, 6) is 2.44. The summed E-state index contributed by atoms with van der Waals surface area (Å²) in [6.45, 7) is 8.09. The molecule has 0 amide bonds. The lowest BCUT2D eigenvalue weighted by atomic mass is 9.88. The largest absolute Gasteiger partial charge is 0.493 e. The van der Waals surface area contributed by atoms with Crippen LogP contribution in [0.3, 0.4) is 0 Å². The molecule has 26 heavy (non-hydrogen) atoms. The minimum atomic E-state index is 0.00260. The summed E-state index contributed by atoms with van der Waals surface area (Å²) in [7, 11) is 1.68. The molecule has 0 aromatic heterocycles. The van der Waals surface area contributed by atoms with Crippen molar-refractivity contribution in [3.05, 3.63) is 51.5 Å². The van der Waals surface area contributed by atoms with Crippen LogP contribution in [0.2, 0.25) is 5.02 Å². The van der Waals surface area contributed by atoms with E-state index in [-0.39, 0.29) is 6.04 Å². The Morgan fingerprint density at radius 3 is 2.50 bits per heavy atom. The highest BCUT2D eigenvalue weighted by atomic mass is 35.5. The Hall–Kier alpha value is -1.91. The van der Waals surface area contributed by atoms with Crippen molar-refractivity contribution in [2.45, 2.75) is 33.2 Å². The lowest BCUT2D eigenvalue weighted by molar-refractivity contribution is 0.309. The normalized spacial score (nSPS) is 16.1. The summed E-state index contributed by atoms with van der Waals surface area (Å²) < 4.78 is 17.3. The molecule has 2 aromatic rings. The molecule has 5 heteroatoms. The van der Waals surface area contributed by atoms with Gasteiger partial charge in [-0.15, -0.1) is 0 Å². The fourth-order valence-corrected chi connectivity index (χ4v) is 3.86. The number of hydrogen-bond acceptors (Lipinski definition) is 4. The van der Waals surface area contributed by atoms with E-state index < -0.39 is 0 Å². The third kappa shape index (κ3) is 3.62. The molecule has 1 heterocycles. The fraction of sp³-hybridized carbons (Fsp3) is 0.429. The van der Waals surface area contributed by atoms with Gasteiger partial charge in [0.15, 0.2) is 11.5 Å². The monoisotopic (exact) mass is 375 g/mol. The first kappa shape index (κ1) is 18.9. The summed E-state index contributed by atoms with van der Waals surface area (Å²) in [5, 5.41) is 4.33. The molecule has 4 nitrogen and oxygen atoms in total. The van der Waals surface area contributed by atoms with Gasteiger partial charge < -0.3 is 19.5 Å². The van der Waals surface area contributed by atoms with Crippen molar-refractivity contribution >= 4 is 11.6 Å². The predicted octanol–water partition coefficient (Wildman–Crippen LogP) is 4.69. The van der Waals surface area contributed by atoms with E-state index in [1.807, 2.05) is 32.9 Å².